The SMILES string of the molecule is COc1cc(C#N)ccc1OCCCC(=O)N1CCCC1c1nc2ccccc2[nH]1. The van der Waals surface area contributed by atoms with Crippen LogP contribution in [-0.4, -0.2) is 41.0 Å². The molecule has 1 saturated heterocycles. The molecule has 1 unspecified atom stereocenters. The molecule has 0 bridgehead atoms. The smallest absolute Gasteiger partial charge is 0.223 e. The molecule has 0 aliphatic carbocycles. The molecule has 30 heavy (non-hydrogen) atoms. The predicted molar refractivity (Wildman–Crippen MR) is 112 cm³/mol. The molecule has 4 rings (SSSR count). The maximum absolute atomic E-state index is 12.8. The van der Waals surface area contributed by atoms with Gasteiger partial charge in [0.1, 0.15) is 5.82 Å². The average Bonchev–Trinajstić information content (AvgIpc) is 3.43. The normalized spacial score (nSPS) is 15.9. The molecule has 7 nitrogen and oxygen atoms in total. The standard InChI is InChI=1S/C23H24N4O3/c1-29-21-14-16(15-24)10-11-20(21)30-13-5-9-22(28)27-12-4-8-19(27)23-25-17-6-2-3-7-18(17)26-23/h2-3,6-7,10-11,14,19H,4-5,8-9,12-13H2,1H3,(H,25,26). The monoisotopic (exact) mass is 404 g/mol. The highest BCUT2D eigenvalue weighted by atomic mass is 16.5. The minimum absolute atomic E-state index is 0.00411. The number of hydrogen-bond acceptors (Lipinski definition) is 5. The summed E-state index contributed by atoms with van der Waals surface area (Å²) in [6, 6.07) is 15.0. The van der Waals surface area contributed by atoms with Crippen LogP contribution in [-0.2, 0) is 4.79 Å². The lowest BCUT2D eigenvalue weighted by molar-refractivity contribution is -0.132. The van der Waals surface area contributed by atoms with Gasteiger partial charge in [0.05, 0.1) is 42.4 Å². The number of para-hydroxylation sites is 2. The molecule has 0 spiro atoms. The van der Waals surface area contributed by atoms with E-state index in [4.69, 9.17) is 14.7 Å². The van der Waals surface area contributed by atoms with Crippen LogP contribution in [0.3, 0.4) is 0 Å². The summed E-state index contributed by atoms with van der Waals surface area (Å²) < 4.78 is 11.0. The Morgan fingerprint density at radius 3 is 2.97 bits per heavy atom. The van der Waals surface area contributed by atoms with Gasteiger partial charge in [0, 0.05) is 19.0 Å². The van der Waals surface area contributed by atoms with E-state index in [9.17, 15) is 4.79 Å². The first-order valence-electron chi connectivity index (χ1n) is 10.1. The van der Waals surface area contributed by atoms with Gasteiger partial charge >= 0.3 is 0 Å². The molecule has 0 radical (unpaired) electrons. The Bertz CT molecular complexity index is 1050. The molecule has 1 N–H and O–H groups in total. The van der Waals surface area contributed by atoms with Crippen molar-refractivity contribution >= 4 is 16.9 Å². The van der Waals surface area contributed by atoms with Crippen LogP contribution in [0.5, 0.6) is 11.5 Å². The van der Waals surface area contributed by atoms with Gasteiger partial charge in [-0.05, 0) is 43.5 Å². The van der Waals surface area contributed by atoms with E-state index in [1.54, 1.807) is 25.3 Å². The lowest BCUT2D eigenvalue weighted by Gasteiger charge is -2.23. The zero-order valence-corrected chi connectivity index (χ0v) is 16.9. The Hall–Kier alpha value is -3.53. The molecule has 2 heterocycles. The largest absolute Gasteiger partial charge is 0.493 e. The van der Waals surface area contributed by atoms with Gasteiger partial charge in [-0.15, -0.1) is 0 Å². The van der Waals surface area contributed by atoms with E-state index in [1.165, 1.54) is 0 Å². The Morgan fingerprint density at radius 2 is 2.17 bits per heavy atom. The third-order valence-corrected chi connectivity index (χ3v) is 5.38. The molecule has 1 aliphatic rings. The predicted octanol–water partition coefficient (Wildman–Crippen LogP) is 3.97. The minimum Gasteiger partial charge on any atom is -0.493 e. The Balaban J connectivity index is 1.33. The number of carbonyl (C=O) groups is 1. The zero-order valence-electron chi connectivity index (χ0n) is 16.9. The highest BCUT2D eigenvalue weighted by Gasteiger charge is 2.31. The number of hydrogen-bond donors (Lipinski definition) is 1. The van der Waals surface area contributed by atoms with Crippen LogP contribution in [0.2, 0.25) is 0 Å². The van der Waals surface area contributed by atoms with Crippen LogP contribution < -0.4 is 9.47 Å². The summed E-state index contributed by atoms with van der Waals surface area (Å²) in [5.74, 6) is 2.07. The zero-order chi connectivity index (χ0) is 20.9. The Morgan fingerprint density at radius 1 is 1.30 bits per heavy atom. The highest BCUT2D eigenvalue weighted by Crippen LogP contribution is 2.32. The van der Waals surface area contributed by atoms with E-state index in [-0.39, 0.29) is 11.9 Å². The van der Waals surface area contributed by atoms with Crippen molar-refractivity contribution in [3.05, 3.63) is 53.9 Å². The molecule has 7 heteroatoms. The third kappa shape index (κ3) is 4.08. The molecule has 2 aromatic carbocycles. The van der Waals surface area contributed by atoms with Crippen LogP contribution in [0, 0.1) is 11.3 Å². The maximum atomic E-state index is 12.8. The lowest BCUT2D eigenvalue weighted by Crippen LogP contribution is -2.31. The third-order valence-electron chi connectivity index (χ3n) is 5.38. The molecule has 1 aromatic heterocycles. The van der Waals surface area contributed by atoms with Crippen molar-refractivity contribution in [3.63, 3.8) is 0 Å². The summed E-state index contributed by atoms with van der Waals surface area (Å²) in [7, 11) is 1.54. The van der Waals surface area contributed by atoms with Crippen molar-refractivity contribution in [3.8, 4) is 17.6 Å². The molecule has 3 aromatic rings. The summed E-state index contributed by atoms with van der Waals surface area (Å²) in [6.07, 6.45) is 2.91. The molecule has 1 atom stereocenters. The van der Waals surface area contributed by atoms with Crippen LogP contribution in [0.25, 0.3) is 11.0 Å². The van der Waals surface area contributed by atoms with Gasteiger partial charge < -0.3 is 19.4 Å². The molecule has 1 aliphatic heterocycles. The maximum Gasteiger partial charge on any atom is 0.223 e. The fourth-order valence-electron chi connectivity index (χ4n) is 3.89. The van der Waals surface area contributed by atoms with E-state index in [2.05, 4.69) is 16.0 Å². The summed E-state index contributed by atoms with van der Waals surface area (Å²) >= 11 is 0. The topological polar surface area (TPSA) is 91.2 Å². The van der Waals surface area contributed by atoms with E-state index < -0.39 is 0 Å². The van der Waals surface area contributed by atoms with Gasteiger partial charge in [-0.2, -0.15) is 5.26 Å². The van der Waals surface area contributed by atoms with E-state index in [0.717, 1.165) is 36.2 Å². The first-order chi connectivity index (χ1) is 14.7. The summed E-state index contributed by atoms with van der Waals surface area (Å²) in [5.41, 5.74) is 2.44. The second kappa shape index (κ2) is 8.87. The molecular weight excluding hydrogens is 380 g/mol. The van der Waals surface area contributed by atoms with Crippen molar-refractivity contribution in [1.29, 1.82) is 5.26 Å². The number of H-pyrrole nitrogens is 1. The van der Waals surface area contributed by atoms with Crippen LogP contribution >= 0.6 is 0 Å². The van der Waals surface area contributed by atoms with Crippen LogP contribution in [0.1, 0.15) is 43.1 Å². The van der Waals surface area contributed by atoms with Crippen LogP contribution in [0.15, 0.2) is 42.5 Å². The number of nitrogens with zero attached hydrogens (tertiary/aromatic N) is 3. The minimum atomic E-state index is 0.00411. The fraction of sp³-hybridized carbons (Fsp3) is 0.348. The fourth-order valence-corrected chi connectivity index (χ4v) is 3.89. The number of imidazole rings is 1. The number of methoxy groups -OCH3 is 1. The summed E-state index contributed by atoms with van der Waals surface area (Å²) in [6.45, 7) is 1.15. The van der Waals surface area contributed by atoms with Gasteiger partial charge in [0.25, 0.3) is 0 Å². The number of fused-ring (bicyclic) bond motifs is 1. The van der Waals surface area contributed by atoms with E-state index in [0.29, 0.717) is 36.5 Å². The highest BCUT2D eigenvalue weighted by molar-refractivity contribution is 5.78. The van der Waals surface area contributed by atoms with Crippen molar-refractivity contribution in [1.82, 2.24) is 14.9 Å². The van der Waals surface area contributed by atoms with Gasteiger partial charge in [-0.3, -0.25) is 4.79 Å². The summed E-state index contributed by atoms with van der Waals surface area (Å²) in [4.78, 5) is 22.8. The first-order valence-corrected chi connectivity index (χ1v) is 10.1. The van der Waals surface area contributed by atoms with Crippen molar-refractivity contribution in [2.24, 2.45) is 0 Å². The second-order valence-electron chi connectivity index (χ2n) is 7.31. The number of nitriles is 1. The Kier molecular flexibility index (Phi) is 5.84. The van der Waals surface area contributed by atoms with Crippen molar-refractivity contribution in [2.75, 3.05) is 20.3 Å². The number of ether oxygens (including phenoxy) is 2. The van der Waals surface area contributed by atoms with Crippen molar-refractivity contribution < 1.29 is 14.3 Å². The van der Waals surface area contributed by atoms with E-state index >= 15 is 0 Å². The number of rotatable bonds is 7. The number of aromatic amines is 1. The summed E-state index contributed by atoms with van der Waals surface area (Å²) in [5, 5.41) is 8.98. The van der Waals surface area contributed by atoms with Gasteiger partial charge in [0.15, 0.2) is 11.5 Å². The second-order valence-corrected chi connectivity index (χ2v) is 7.31. The number of aromatic nitrogens is 2. The number of likely N-dealkylation sites (tertiary alicyclic amines) is 1. The van der Waals surface area contributed by atoms with Crippen molar-refractivity contribution in [2.45, 2.75) is 31.7 Å². The number of benzene rings is 2. The van der Waals surface area contributed by atoms with Gasteiger partial charge in [-0.1, -0.05) is 12.1 Å². The average molecular weight is 404 g/mol. The number of carbonyl (C=O) groups excluding carboxylic acids is 1. The quantitative estimate of drug-likeness (QED) is 0.602. The lowest BCUT2D eigenvalue weighted by atomic mass is 10.2. The molecule has 1 amide bonds. The molecule has 1 fully saturated rings. The number of amides is 1. The van der Waals surface area contributed by atoms with Crippen LogP contribution in [0.4, 0.5) is 0 Å². The van der Waals surface area contributed by atoms with E-state index in [1.807, 2.05) is 29.2 Å². The Labute approximate surface area is 175 Å². The first kappa shape index (κ1) is 19.8. The van der Waals surface area contributed by atoms with Gasteiger partial charge in [-0.25, -0.2) is 4.98 Å². The molecular formula is C23H24N4O3. The number of nitrogens with one attached hydrogen (secondary N) is 1. The van der Waals surface area contributed by atoms with Gasteiger partial charge in [0.2, 0.25) is 5.91 Å². The molecule has 0 saturated carbocycles. The molecule has 154 valence electrons.